The van der Waals surface area contributed by atoms with Gasteiger partial charge in [-0.25, -0.2) is 9.78 Å². The zero-order valence-electron chi connectivity index (χ0n) is 17.3. The zero-order chi connectivity index (χ0) is 22.1. The quantitative estimate of drug-likeness (QED) is 0.632. The molecule has 3 heterocycles. The second-order valence-corrected chi connectivity index (χ2v) is 7.46. The summed E-state index contributed by atoms with van der Waals surface area (Å²) in [5.74, 6) is -0.0344. The molecule has 10 heteroatoms. The molecule has 0 radical (unpaired) electrons. The molecule has 1 atom stereocenters. The Morgan fingerprint density at radius 3 is 2.77 bits per heavy atom. The van der Waals surface area contributed by atoms with E-state index in [0.717, 1.165) is 10.8 Å². The van der Waals surface area contributed by atoms with Gasteiger partial charge in [-0.2, -0.15) is 0 Å². The van der Waals surface area contributed by atoms with Gasteiger partial charge in [-0.05, 0) is 25.0 Å². The van der Waals surface area contributed by atoms with E-state index in [-0.39, 0.29) is 11.1 Å². The van der Waals surface area contributed by atoms with Crippen LogP contribution in [0.15, 0.2) is 44.8 Å². The fraction of sp³-hybridized carbons (Fsp3) is 0.381. The van der Waals surface area contributed by atoms with Crippen molar-refractivity contribution in [3.8, 4) is 0 Å². The van der Waals surface area contributed by atoms with Gasteiger partial charge in [0.2, 0.25) is 0 Å². The van der Waals surface area contributed by atoms with E-state index in [4.69, 9.17) is 9.72 Å². The Bertz CT molecular complexity index is 1320. The van der Waals surface area contributed by atoms with Crippen LogP contribution in [0.25, 0.3) is 10.9 Å². The number of fused-ring (bicyclic) bond motifs is 1. The lowest BCUT2D eigenvalue weighted by Gasteiger charge is -2.26. The van der Waals surface area contributed by atoms with Crippen LogP contribution in [-0.2, 0) is 18.3 Å². The SMILES string of the molecule is COCCn1c(C2CCCN2C(=O)c2c[nH]c(=O)n(C)c2=O)nc2ccccc2c1=O. The number of H-pyrrole nitrogens is 1. The first kappa shape index (κ1) is 20.7. The molecule has 1 unspecified atom stereocenters. The summed E-state index contributed by atoms with van der Waals surface area (Å²) in [6.07, 6.45) is 2.45. The minimum atomic E-state index is -0.664. The number of nitrogens with one attached hydrogen (secondary N) is 1. The summed E-state index contributed by atoms with van der Waals surface area (Å²) in [5, 5.41) is 0.493. The number of amides is 1. The average Bonchev–Trinajstić information content (AvgIpc) is 3.26. The number of aromatic amines is 1. The normalized spacial score (nSPS) is 16.2. The highest BCUT2D eigenvalue weighted by molar-refractivity contribution is 5.94. The van der Waals surface area contributed by atoms with Gasteiger partial charge in [-0.3, -0.25) is 23.5 Å². The molecule has 1 aliphatic rings. The monoisotopic (exact) mass is 425 g/mol. The maximum atomic E-state index is 13.2. The topological polar surface area (TPSA) is 119 Å². The second kappa shape index (κ2) is 8.31. The van der Waals surface area contributed by atoms with Crippen molar-refractivity contribution in [3.63, 3.8) is 0 Å². The lowest BCUT2D eigenvalue weighted by atomic mass is 10.1. The van der Waals surface area contributed by atoms with Crippen molar-refractivity contribution in [2.45, 2.75) is 25.4 Å². The molecule has 10 nitrogen and oxygen atoms in total. The standard InChI is InChI=1S/C21H23N5O5/c1-24-18(27)14(12-22-21(24)30)20(29)25-9-5-8-16(25)17-23-15-7-4-3-6-13(15)19(28)26(17)10-11-31-2/h3-4,6-7,12,16H,5,8-11H2,1-2H3,(H,22,30). The van der Waals surface area contributed by atoms with Crippen molar-refractivity contribution < 1.29 is 9.53 Å². The zero-order valence-corrected chi connectivity index (χ0v) is 17.3. The second-order valence-electron chi connectivity index (χ2n) is 7.46. The Hall–Kier alpha value is -3.53. The van der Waals surface area contributed by atoms with Gasteiger partial charge in [0, 0.05) is 26.9 Å². The van der Waals surface area contributed by atoms with Crippen LogP contribution in [0.2, 0.25) is 0 Å². The van der Waals surface area contributed by atoms with Gasteiger partial charge < -0.3 is 14.6 Å². The third kappa shape index (κ3) is 3.59. The third-order valence-electron chi connectivity index (χ3n) is 5.63. The molecule has 162 valence electrons. The van der Waals surface area contributed by atoms with Crippen molar-refractivity contribution in [2.24, 2.45) is 7.05 Å². The van der Waals surface area contributed by atoms with Gasteiger partial charge in [0.05, 0.1) is 30.1 Å². The lowest BCUT2D eigenvalue weighted by molar-refractivity contribution is 0.0722. The minimum absolute atomic E-state index is 0.124. The maximum absolute atomic E-state index is 13.2. The molecule has 1 aromatic carbocycles. The summed E-state index contributed by atoms with van der Waals surface area (Å²) in [4.78, 5) is 59.2. The number of benzene rings is 1. The molecule has 1 amide bonds. The Labute approximate surface area is 176 Å². The molecule has 3 aromatic rings. The fourth-order valence-corrected chi connectivity index (χ4v) is 3.99. The number of nitrogens with zero attached hydrogens (tertiary/aromatic N) is 4. The van der Waals surface area contributed by atoms with Gasteiger partial charge in [-0.15, -0.1) is 0 Å². The predicted octanol–water partition coefficient (Wildman–Crippen LogP) is 0.407. The Morgan fingerprint density at radius 1 is 1.23 bits per heavy atom. The number of ether oxygens (including phenoxy) is 1. The summed E-state index contributed by atoms with van der Waals surface area (Å²) in [7, 11) is 2.86. The number of carbonyl (C=O) groups is 1. The van der Waals surface area contributed by atoms with Crippen molar-refractivity contribution in [2.75, 3.05) is 20.3 Å². The number of carbonyl (C=O) groups excluding carboxylic acids is 1. The number of para-hydroxylation sites is 1. The van der Waals surface area contributed by atoms with E-state index in [1.165, 1.54) is 7.05 Å². The Balaban J connectivity index is 1.82. The summed E-state index contributed by atoms with van der Waals surface area (Å²) in [6, 6.07) is 6.60. The van der Waals surface area contributed by atoms with Gasteiger partial charge in [0.1, 0.15) is 11.4 Å². The number of hydrogen-bond acceptors (Lipinski definition) is 6. The van der Waals surface area contributed by atoms with Crippen LogP contribution in [0.3, 0.4) is 0 Å². The van der Waals surface area contributed by atoms with Crippen LogP contribution in [-0.4, -0.2) is 50.2 Å². The van der Waals surface area contributed by atoms with E-state index < -0.39 is 23.2 Å². The average molecular weight is 425 g/mol. The van der Waals surface area contributed by atoms with Crippen LogP contribution < -0.4 is 16.8 Å². The van der Waals surface area contributed by atoms with Crippen LogP contribution >= 0.6 is 0 Å². The van der Waals surface area contributed by atoms with Crippen LogP contribution in [0.4, 0.5) is 0 Å². The lowest BCUT2D eigenvalue weighted by Crippen LogP contribution is -2.41. The molecule has 4 rings (SSSR count). The van der Waals surface area contributed by atoms with Crippen molar-refractivity contribution >= 4 is 16.8 Å². The Morgan fingerprint density at radius 2 is 2.00 bits per heavy atom. The number of methoxy groups -OCH3 is 1. The number of likely N-dealkylation sites (tertiary alicyclic amines) is 1. The molecule has 0 bridgehead atoms. The van der Waals surface area contributed by atoms with E-state index in [1.54, 1.807) is 40.8 Å². The molecular weight excluding hydrogens is 402 g/mol. The highest BCUT2D eigenvalue weighted by atomic mass is 16.5. The number of aromatic nitrogens is 4. The van der Waals surface area contributed by atoms with Gasteiger partial charge in [0.25, 0.3) is 17.0 Å². The Kier molecular flexibility index (Phi) is 5.55. The number of rotatable bonds is 5. The molecule has 1 fully saturated rings. The van der Waals surface area contributed by atoms with Crippen molar-refractivity contribution in [1.29, 1.82) is 0 Å². The molecule has 1 saturated heterocycles. The van der Waals surface area contributed by atoms with E-state index in [9.17, 15) is 19.2 Å². The molecule has 31 heavy (non-hydrogen) atoms. The molecule has 1 aliphatic heterocycles. The highest BCUT2D eigenvalue weighted by Gasteiger charge is 2.35. The van der Waals surface area contributed by atoms with Crippen molar-refractivity contribution in [1.82, 2.24) is 24.0 Å². The van der Waals surface area contributed by atoms with Crippen LogP contribution in [0.1, 0.15) is 35.1 Å². The molecule has 0 spiro atoms. The van der Waals surface area contributed by atoms with E-state index in [1.807, 2.05) is 0 Å². The van der Waals surface area contributed by atoms with Crippen LogP contribution in [0, 0.1) is 0 Å². The number of hydrogen-bond donors (Lipinski definition) is 1. The van der Waals surface area contributed by atoms with Gasteiger partial charge in [-0.1, -0.05) is 12.1 Å². The van der Waals surface area contributed by atoms with Crippen LogP contribution in [0.5, 0.6) is 0 Å². The van der Waals surface area contributed by atoms with E-state index >= 15 is 0 Å². The summed E-state index contributed by atoms with van der Waals surface area (Å²) in [6.45, 7) is 1.02. The van der Waals surface area contributed by atoms with E-state index in [0.29, 0.717) is 49.3 Å². The maximum Gasteiger partial charge on any atom is 0.328 e. The molecule has 0 saturated carbocycles. The third-order valence-corrected chi connectivity index (χ3v) is 5.63. The van der Waals surface area contributed by atoms with E-state index in [2.05, 4.69) is 4.98 Å². The highest BCUT2D eigenvalue weighted by Crippen LogP contribution is 2.32. The molecule has 1 N–H and O–H groups in total. The first-order chi connectivity index (χ1) is 14.9. The van der Waals surface area contributed by atoms with Crippen molar-refractivity contribution in [3.05, 3.63) is 73.0 Å². The first-order valence-corrected chi connectivity index (χ1v) is 10.0. The van der Waals surface area contributed by atoms with Gasteiger partial charge in [0.15, 0.2) is 0 Å². The molecule has 2 aromatic heterocycles. The summed E-state index contributed by atoms with van der Waals surface area (Å²) in [5.41, 5.74) is -1.03. The molecular formula is C21H23N5O5. The smallest absolute Gasteiger partial charge is 0.328 e. The summed E-state index contributed by atoms with van der Waals surface area (Å²) < 4.78 is 7.58. The molecule has 0 aliphatic carbocycles. The fourth-order valence-electron chi connectivity index (χ4n) is 3.99. The summed E-state index contributed by atoms with van der Waals surface area (Å²) >= 11 is 0. The largest absolute Gasteiger partial charge is 0.383 e. The first-order valence-electron chi connectivity index (χ1n) is 10.0. The van der Waals surface area contributed by atoms with Gasteiger partial charge >= 0.3 is 5.69 Å². The predicted molar refractivity (Wildman–Crippen MR) is 113 cm³/mol. The minimum Gasteiger partial charge on any atom is -0.383 e.